The van der Waals surface area contributed by atoms with Gasteiger partial charge in [-0.1, -0.05) is 70.0 Å². The highest BCUT2D eigenvalue weighted by Crippen LogP contribution is 2.45. The number of benzene rings is 3. The fourth-order valence-electron chi connectivity index (χ4n) is 6.21. The van der Waals surface area contributed by atoms with E-state index in [1.165, 1.54) is 5.56 Å². The van der Waals surface area contributed by atoms with Crippen LogP contribution >= 0.6 is 27.5 Å². The molecule has 1 N–H and O–H groups in total. The maximum atomic E-state index is 12.5. The first-order valence-electron chi connectivity index (χ1n) is 14.2. The number of fused-ring (bicyclic) bond motifs is 1. The predicted molar refractivity (Wildman–Crippen MR) is 167 cm³/mol. The number of aliphatic hydroxyl groups is 1. The summed E-state index contributed by atoms with van der Waals surface area (Å²) in [6.07, 6.45) is 2.40. The minimum absolute atomic E-state index is 0.241. The van der Waals surface area contributed by atoms with Gasteiger partial charge in [0.2, 0.25) is 0 Å². The average molecular weight is 621 g/mol. The van der Waals surface area contributed by atoms with Crippen LogP contribution in [-0.4, -0.2) is 66.5 Å². The van der Waals surface area contributed by atoms with Gasteiger partial charge >= 0.3 is 0 Å². The number of anilines is 1. The molecule has 2 fully saturated rings. The van der Waals surface area contributed by atoms with Crippen LogP contribution in [0.1, 0.15) is 35.4 Å². The van der Waals surface area contributed by atoms with Crippen molar-refractivity contribution in [1.82, 2.24) is 9.88 Å². The molecule has 0 bridgehead atoms. The van der Waals surface area contributed by atoms with Crippen LogP contribution in [0.2, 0.25) is 5.02 Å². The first kappa shape index (κ1) is 27.7. The Morgan fingerprint density at radius 1 is 0.925 bits per heavy atom. The molecular weight excluding hydrogens is 586 g/mol. The lowest BCUT2D eigenvalue weighted by Gasteiger charge is -2.44. The molecule has 3 aromatic carbocycles. The van der Waals surface area contributed by atoms with Crippen LogP contribution in [-0.2, 0) is 11.2 Å². The quantitative estimate of drug-likeness (QED) is 0.250. The molecule has 2 aliphatic heterocycles. The maximum Gasteiger partial charge on any atom is 0.133 e. The van der Waals surface area contributed by atoms with Crippen molar-refractivity contribution in [3.63, 3.8) is 0 Å². The molecular formula is C33H35BrClN3O2. The predicted octanol–water partition coefficient (Wildman–Crippen LogP) is 6.69. The van der Waals surface area contributed by atoms with Gasteiger partial charge in [0.05, 0.1) is 24.3 Å². The topological polar surface area (TPSA) is 48.8 Å². The molecule has 7 heteroatoms. The van der Waals surface area contributed by atoms with E-state index in [-0.39, 0.29) is 5.92 Å². The molecule has 1 aromatic heterocycles. The molecule has 2 saturated heterocycles. The number of rotatable bonds is 7. The minimum Gasteiger partial charge on any atom is -0.389 e. The van der Waals surface area contributed by atoms with Gasteiger partial charge in [-0.15, -0.1) is 0 Å². The van der Waals surface area contributed by atoms with Gasteiger partial charge in [0, 0.05) is 59.1 Å². The second-order valence-corrected chi connectivity index (χ2v) is 12.4. The summed E-state index contributed by atoms with van der Waals surface area (Å²) in [4.78, 5) is 10.0. The molecule has 3 heterocycles. The molecule has 40 heavy (non-hydrogen) atoms. The normalized spacial score (nSPS) is 18.6. The number of piperidine rings is 1. The highest BCUT2D eigenvalue weighted by molar-refractivity contribution is 9.10. The molecule has 0 aliphatic carbocycles. The Hall–Kier alpha value is -2.48. The third-order valence-corrected chi connectivity index (χ3v) is 9.17. The Morgan fingerprint density at radius 3 is 2.38 bits per heavy atom. The van der Waals surface area contributed by atoms with Gasteiger partial charge in [0.1, 0.15) is 5.82 Å². The summed E-state index contributed by atoms with van der Waals surface area (Å²) >= 11 is 9.97. The van der Waals surface area contributed by atoms with E-state index in [4.69, 9.17) is 21.3 Å². The zero-order valence-corrected chi connectivity index (χ0v) is 24.9. The Labute approximate surface area is 249 Å². The number of nitrogens with zero attached hydrogens (tertiary/aromatic N) is 3. The van der Waals surface area contributed by atoms with Crippen molar-refractivity contribution >= 4 is 44.3 Å². The number of aromatic nitrogens is 1. The third-order valence-electron chi connectivity index (χ3n) is 8.43. The summed E-state index contributed by atoms with van der Waals surface area (Å²) in [5, 5.41) is 14.3. The first-order valence-corrected chi connectivity index (χ1v) is 15.3. The molecule has 4 aromatic rings. The van der Waals surface area contributed by atoms with Gasteiger partial charge < -0.3 is 19.6 Å². The Balaban J connectivity index is 1.37. The molecule has 0 saturated carbocycles. The number of hydrogen-bond donors (Lipinski definition) is 1. The molecule has 0 spiro atoms. The van der Waals surface area contributed by atoms with Crippen molar-refractivity contribution < 1.29 is 9.84 Å². The van der Waals surface area contributed by atoms with Crippen LogP contribution in [0.4, 0.5) is 5.82 Å². The van der Waals surface area contributed by atoms with E-state index in [0.29, 0.717) is 31.1 Å². The molecule has 6 rings (SSSR count). The zero-order valence-electron chi connectivity index (χ0n) is 22.6. The molecule has 0 amide bonds. The van der Waals surface area contributed by atoms with Gasteiger partial charge in [-0.2, -0.15) is 0 Å². The number of halogens is 2. The van der Waals surface area contributed by atoms with Crippen molar-refractivity contribution in [3.05, 3.63) is 105 Å². The third kappa shape index (κ3) is 6.07. The van der Waals surface area contributed by atoms with E-state index in [0.717, 1.165) is 71.5 Å². The fraction of sp³-hybridized carbons (Fsp3) is 0.364. The lowest BCUT2D eigenvalue weighted by atomic mass is 9.72. The van der Waals surface area contributed by atoms with E-state index in [1.54, 1.807) is 0 Å². The number of morpholine rings is 1. The Morgan fingerprint density at radius 2 is 1.65 bits per heavy atom. The summed E-state index contributed by atoms with van der Waals surface area (Å²) in [6, 6.07) is 27.1. The van der Waals surface area contributed by atoms with Crippen molar-refractivity contribution in [3.8, 4) is 0 Å². The van der Waals surface area contributed by atoms with Crippen LogP contribution in [0.5, 0.6) is 0 Å². The van der Waals surface area contributed by atoms with Crippen molar-refractivity contribution in [2.24, 2.45) is 0 Å². The van der Waals surface area contributed by atoms with Gasteiger partial charge in [0.15, 0.2) is 0 Å². The van der Waals surface area contributed by atoms with E-state index >= 15 is 0 Å². The second kappa shape index (κ2) is 12.2. The first-order chi connectivity index (χ1) is 19.5. The van der Waals surface area contributed by atoms with Gasteiger partial charge in [-0.05, 0) is 66.8 Å². The van der Waals surface area contributed by atoms with E-state index < -0.39 is 5.60 Å². The molecule has 1 atom stereocenters. The van der Waals surface area contributed by atoms with E-state index in [1.807, 2.05) is 18.2 Å². The van der Waals surface area contributed by atoms with Crippen LogP contribution < -0.4 is 4.90 Å². The van der Waals surface area contributed by atoms with Gasteiger partial charge in [-0.25, -0.2) is 4.98 Å². The minimum atomic E-state index is -0.917. The summed E-state index contributed by atoms with van der Waals surface area (Å²) < 4.78 is 6.69. The van der Waals surface area contributed by atoms with Crippen LogP contribution in [0.15, 0.2) is 83.3 Å². The average Bonchev–Trinajstić information content (AvgIpc) is 2.98. The molecule has 5 nitrogen and oxygen atoms in total. The fourth-order valence-corrected chi connectivity index (χ4v) is 6.72. The van der Waals surface area contributed by atoms with Crippen molar-refractivity contribution in [1.29, 1.82) is 0 Å². The monoisotopic (exact) mass is 619 g/mol. The van der Waals surface area contributed by atoms with Crippen LogP contribution in [0, 0.1) is 0 Å². The highest BCUT2D eigenvalue weighted by atomic mass is 79.9. The van der Waals surface area contributed by atoms with E-state index in [2.05, 4.69) is 86.4 Å². The zero-order chi connectivity index (χ0) is 27.5. The van der Waals surface area contributed by atoms with Crippen molar-refractivity contribution in [2.45, 2.75) is 30.8 Å². The number of likely N-dealkylation sites (tertiary alicyclic amines) is 1. The second-order valence-electron chi connectivity index (χ2n) is 11.0. The Kier molecular flexibility index (Phi) is 8.42. The highest BCUT2D eigenvalue weighted by Gasteiger charge is 2.43. The summed E-state index contributed by atoms with van der Waals surface area (Å²) in [6.45, 7) is 5.61. The molecule has 1 unspecified atom stereocenters. The molecule has 208 valence electrons. The number of ether oxygens (including phenoxy) is 1. The lowest BCUT2D eigenvalue weighted by molar-refractivity contribution is -0.0335. The number of pyridine rings is 1. The largest absolute Gasteiger partial charge is 0.389 e. The van der Waals surface area contributed by atoms with Gasteiger partial charge in [0.25, 0.3) is 0 Å². The van der Waals surface area contributed by atoms with Crippen LogP contribution in [0.3, 0.4) is 0 Å². The standard InChI is InChI=1S/C33H35BrClN3O2/c34-27-8-11-30-26(22-27)23-29(32(36-30)38-18-20-40-21-19-38)31(25-6-9-28(35)10-7-25)33(39)13-16-37(17-14-33)15-12-24-4-2-1-3-5-24/h1-11,22-23,31,39H,12-21H2. The number of hydrogen-bond acceptors (Lipinski definition) is 5. The summed E-state index contributed by atoms with van der Waals surface area (Å²) in [5.74, 6) is 0.702. The van der Waals surface area contributed by atoms with E-state index in [9.17, 15) is 5.11 Å². The Bertz CT molecular complexity index is 1440. The molecule has 2 aliphatic rings. The summed E-state index contributed by atoms with van der Waals surface area (Å²) in [5.41, 5.74) is 3.52. The van der Waals surface area contributed by atoms with Crippen molar-refractivity contribution in [2.75, 3.05) is 50.8 Å². The van der Waals surface area contributed by atoms with Gasteiger partial charge in [-0.3, -0.25) is 0 Å². The smallest absolute Gasteiger partial charge is 0.133 e. The lowest BCUT2D eigenvalue weighted by Crippen LogP contribution is -2.49. The van der Waals surface area contributed by atoms with Crippen LogP contribution in [0.25, 0.3) is 10.9 Å². The summed E-state index contributed by atoms with van der Waals surface area (Å²) in [7, 11) is 0. The molecule has 0 radical (unpaired) electrons. The SMILES string of the molecule is OC1(C(c2ccc(Cl)cc2)c2cc3cc(Br)ccc3nc2N2CCOCC2)CCN(CCc2ccccc2)CC1. The maximum absolute atomic E-state index is 12.5.